The SMILES string of the molecule is Cc1cc(C(=O)N2CCCCCCC2)ccc1NN. The molecule has 4 nitrogen and oxygen atoms in total. The molecule has 1 amide bonds. The van der Waals surface area contributed by atoms with E-state index in [9.17, 15) is 4.79 Å². The maximum Gasteiger partial charge on any atom is 0.253 e. The zero-order valence-corrected chi connectivity index (χ0v) is 11.6. The molecule has 1 aromatic carbocycles. The molecule has 0 aromatic heterocycles. The van der Waals surface area contributed by atoms with Gasteiger partial charge in [0.1, 0.15) is 0 Å². The molecular formula is C15H23N3O. The van der Waals surface area contributed by atoms with E-state index in [1.54, 1.807) is 0 Å². The summed E-state index contributed by atoms with van der Waals surface area (Å²) in [4.78, 5) is 14.5. The van der Waals surface area contributed by atoms with E-state index < -0.39 is 0 Å². The second-order valence-electron chi connectivity index (χ2n) is 5.23. The van der Waals surface area contributed by atoms with Crippen molar-refractivity contribution in [3.63, 3.8) is 0 Å². The van der Waals surface area contributed by atoms with Crippen molar-refractivity contribution in [1.29, 1.82) is 0 Å². The first-order chi connectivity index (χ1) is 9.22. The minimum atomic E-state index is 0.147. The number of aryl methyl sites for hydroxylation is 1. The molecule has 2 rings (SSSR count). The van der Waals surface area contributed by atoms with E-state index >= 15 is 0 Å². The van der Waals surface area contributed by atoms with Crippen molar-refractivity contribution in [3.05, 3.63) is 29.3 Å². The van der Waals surface area contributed by atoms with Gasteiger partial charge in [0.05, 0.1) is 5.69 Å². The molecule has 0 spiro atoms. The highest BCUT2D eigenvalue weighted by atomic mass is 16.2. The van der Waals surface area contributed by atoms with Gasteiger partial charge in [-0.05, 0) is 43.5 Å². The van der Waals surface area contributed by atoms with E-state index in [2.05, 4.69) is 5.43 Å². The van der Waals surface area contributed by atoms with Crippen LogP contribution in [0.4, 0.5) is 5.69 Å². The molecule has 0 unspecified atom stereocenters. The second kappa shape index (κ2) is 6.57. The highest BCUT2D eigenvalue weighted by molar-refractivity contribution is 5.95. The molecule has 1 fully saturated rings. The van der Waals surface area contributed by atoms with Crippen LogP contribution in [0.2, 0.25) is 0 Å². The number of hydrazine groups is 1. The van der Waals surface area contributed by atoms with E-state index in [4.69, 9.17) is 5.84 Å². The lowest BCUT2D eigenvalue weighted by Gasteiger charge is -2.25. The fraction of sp³-hybridized carbons (Fsp3) is 0.533. The summed E-state index contributed by atoms with van der Waals surface area (Å²) in [7, 11) is 0. The molecule has 0 aliphatic carbocycles. The summed E-state index contributed by atoms with van der Waals surface area (Å²) < 4.78 is 0. The van der Waals surface area contributed by atoms with E-state index in [0.717, 1.165) is 42.7 Å². The lowest BCUT2D eigenvalue weighted by atomic mass is 10.1. The smallest absolute Gasteiger partial charge is 0.253 e. The molecule has 104 valence electrons. The van der Waals surface area contributed by atoms with E-state index in [1.165, 1.54) is 19.3 Å². The number of likely N-dealkylation sites (tertiary alicyclic amines) is 1. The van der Waals surface area contributed by atoms with Crippen molar-refractivity contribution in [1.82, 2.24) is 4.90 Å². The summed E-state index contributed by atoms with van der Waals surface area (Å²) in [5.41, 5.74) is 5.26. The Hall–Kier alpha value is -1.55. The van der Waals surface area contributed by atoms with Crippen LogP contribution in [0.3, 0.4) is 0 Å². The summed E-state index contributed by atoms with van der Waals surface area (Å²) in [5.74, 6) is 5.56. The van der Waals surface area contributed by atoms with Crippen molar-refractivity contribution in [2.45, 2.75) is 39.0 Å². The second-order valence-corrected chi connectivity index (χ2v) is 5.23. The van der Waals surface area contributed by atoms with Crippen LogP contribution in [0, 0.1) is 6.92 Å². The van der Waals surface area contributed by atoms with Crippen molar-refractivity contribution in [2.24, 2.45) is 5.84 Å². The topological polar surface area (TPSA) is 58.4 Å². The molecule has 0 radical (unpaired) electrons. The third-order valence-corrected chi connectivity index (χ3v) is 3.77. The molecule has 1 aliphatic rings. The van der Waals surface area contributed by atoms with Crippen molar-refractivity contribution in [3.8, 4) is 0 Å². The number of amides is 1. The third kappa shape index (κ3) is 3.47. The zero-order valence-electron chi connectivity index (χ0n) is 11.6. The van der Waals surface area contributed by atoms with Crippen LogP contribution in [0.5, 0.6) is 0 Å². The first-order valence-electron chi connectivity index (χ1n) is 7.09. The molecule has 1 aliphatic heterocycles. The van der Waals surface area contributed by atoms with Gasteiger partial charge in [0.15, 0.2) is 0 Å². The summed E-state index contributed by atoms with van der Waals surface area (Å²) in [6.45, 7) is 3.73. The third-order valence-electron chi connectivity index (χ3n) is 3.77. The van der Waals surface area contributed by atoms with E-state index in [1.807, 2.05) is 30.0 Å². The zero-order chi connectivity index (χ0) is 13.7. The molecule has 1 heterocycles. The molecule has 0 bridgehead atoms. The van der Waals surface area contributed by atoms with Gasteiger partial charge < -0.3 is 10.3 Å². The monoisotopic (exact) mass is 261 g/mol. The predicted octanol–water partition coefficient (Wildman–Crippen LogP) is 2.69. The number of carbonyl (C=O) groups is 1. The van der Waals surface area contributed by atoms with Crippen molar-refractivity contribution in [2.75, 3.05) is 18.5 Å². The molecule has 4 heteroatoms. The van der Waals surface area contributed by atoms with E-state index in [-0.39, 0.29) is 5.91 Å². The Morgan fingerprint density at radius 2 is 1.79 bits per heavy atom. The lowest BCUT2D eigenvalue weighted by molar-refractivity contribution is 0.0742. The van der Waals surface area contributed by atoms with Crippen LogP contribution in [-0.2, 0) is 0 Å². The molecule has 1 aromatic rings. The quantitative estimate of drug-likeness (QED) is 0.635. The number of hydrogen-bond acceptors (Lipinski definition) is 3. The van der Waals surface area contributed by atoms with Gasteiger partial charge in [-0.2, -0.15) is 0 Å². The number of nitrogens with two attached hydrogens (primary N) is 1. The lowest BCUT2D eigenvalue weighted by Crippen LogP contribution is -2.33. The fourth-order valence-electron chi connectivity index (χ4n) is 2.59. The largest absolute Gasteiger partial charge is 0.339 e. The molecule has 0 atom stereocenters. The Labute approximate surface area is 114 Å². The Balaban J connectivity index is 2.11. The molecule has 1 saturated heterocycles. The van der Waals surface area contributed by atoms with Gasteiger partial charge in [0.2, 0.25) is 0 Å². The Kier molecular flexibility index (Phi) is 4.80. The minimum absolute atomic E-state index is 0.147. The minimum Gasteiger partial charge on any atom is -0.339 e. The Morgan fingerprint density at radius 3 is 2.37 bits per heavy atom. The highest BCUT2D eigenvalue weighted by Gasteiger charge is 2.17. The van der Waals surface area contributed by atoms with Crippen molar-refractivity contribution < 1.29 is 4.79 Å². The summed E-state index contributed by atoms with van der Waals surface area (Å²) in [6, 6.07) is 5.63. The number of carbonyl (C=O) groups excluding carboxylic acids is 1. The number of nitrogen functional groups attached to an aromatic ring is 1. The molecule has 0 saturated carbocycles. The van der Waals surface area contributed by atoms with Crippen molar-refractivity contribution >= 4 is 11.6 Å². The summed E-state index contributed by atoms with van der Waals surface area (Å²) in [6.07, 6.45) is 6.01. The van der Waals surface area contributed by atoms with E-state index in [0.29, 0.717) is 0 Å². The Bertz CT molecular complexity index is 437. The van der Waals surface area contributed by atoms with Crippen LogP contribution in [-0.4, -0.2) is 23.9 Å². The average Bonchev–Trinajstić information content (AvgIpc) is 2.37. The normalized spacial score (nSPS) is 16.6. The first kappa shape index (κ1) is 13.9. The summed E-state index contributed by atoms with van der Waals surface area (Å²) >= 11 is 0. The van der Waals surface area contributed by atoms with Crippen LogP contribution in [0.1, 0.15) is 48.0 Å². The average molecular weight is 261 g/mol. The maximum atomic E-state index is 12.5. The van der Waals surface area contributed by atoms with Crippen LogP contribution in [0.15, 0.2) is 18.2 Å². The number of rotatable bonds is 2. The van der Waals surface area contributed by atoms with Crippen LogP contribution >= 0.6 is 0 Å². The summed E-state index contributed by atoms with van der Waals surface area (Å²) in [5, 5.41) is 0. The number of hydrogen-bond donors (Lipinski definition) is 2. The van der Waals surface area contributed by atoms with Crippen LogP contribution < -0.4 is 11.3 Å². The number of anilines is 1. The first-order valence-corrected chi connectivity index (χ1v) is 7.09. The number of nitrogens with zero attached hydrogens (tertiary/aromatic N) is 1. The number of benzene rings is 1. The predicted molar refractivity (Wildman–Crippen MR) is 78.0 cm³/mol. The van der Waals surface area contributed by atoms with Gasteiger partial charge >= 0.3 is 0 Å². The molecular weight excluding hydrogens is 238 g/mol. The van der Waals surface area contributed by atoms with Gasteiger partial charge in [-0.25, -0.2) is 0 Å². The standard InChI is InChI=1S/C15H23N3O/c1-12-11-13(7-8-14(12)17-16)15(19)18-9-5-3-2-4-6-10-18/h7-8,11,17H,2-6,9-10,16H2,1H3. The molecule has 3 N–H and O–H groups in total. The van der Waals surface area contributed by atoms with Gasteiger partial charge in [-0.15, -0.1) is 0 Å². The maximum absolute atomic E-state index is 12.5. The van der Waals surface area contributed by atoms with Crippen LogP contribution in [0.25, 0.3) is 0 Å². The van der Waals surface area contributed by atoms with Gasteiger partial charge in [0.25, 0.3) is 5.91 Å². The van der Waals surface area contributed by atoms with Gasteiger partial charge in [-0.3, -0.25) is 10.6 Å². The molecule has 19 heavy (non-hydrogen) atoms. The highest BCUT2D eigenvalue weighted by Crippen LogP contribution is 2.18. The number of nitrogens with one attached hydrogen (secondary N) is 1. The van der Waals surface area contributed by atoms with Gasteiger partial charge in [-0.1, -0.05) is 19.3 Å². The van der Waals surface area contributed by atoms with Gasteiger partial charge in [0, 0.05) is 18.7 Å². The Morgan fingerprint density at radius 1 is 1.16 bits per heavy atom. The fourth-order valence-corrected chi connectivity index (χ4v) is 2.59.